The Hall–Kier alpha value is -3.71. The number of carbonyl (C=O) groups is 2. The molecule has 200 valence electrons. The molecule has 2 aromatic carbocycles. The van der Waals surface area contributed by atoms with Crippen LogP contribution in [0.4, 0.5) is 26.2 Å². The van der Waals surface area contributed by atoms with E-state index in [0.29, 0.717) is 29.9 Å². The van der Waals surface area contributed by atoms with Crippen molar-refractivity contribution in [3.63, 3.8) is 0 Å². The van der Waals surface area contributed by atoms with Crippen LogP contribution >= 0.6 is 12.2 Å². The molecule has 38 heavy (non-hydrogen) atoms. The summed E-state index contributed by atoms with van der Waals surface area (Å²) < 4.78 is 26.2. The summed E-state index contributed by atoms with van der Waals surface area (Å²) in [5.41, 5.74) is -0.102. The molecule has 0 aromatic heterocycles. The number of carbonyl (C=O) groups excluding carboxylic acids is 2. The molecule has 1 N–H and O–H groups in total. The summed E-state index contributed by atoms with van der Waals surface area (Å²) in [5, 5.41) is 3.04. The van der Waals surface area contributed by atoms with Gasteiger partial charge in [0.15, 0.2) is 22.4 Å². The molecule has 1 saturated heterocycles. The molecule has 0 unspecified atom stereocenters. The van der Waals surface area contributed by atoms with Crippen LogP contribution < -0.4 is 19.9 Å². The molecule has 2 aliphatic rings. The second kappa shape index (κ2) is 9.55. The molecular formula is C28H31FN4O4S. The van der Waals surface area contributed by atoms with Gasteiger partial charge in [0.25, 0.3) is 5.91 Å². The largest absolute Gasteiger partial charge is 0.488 e. The summed E-state index contributed by atoms with van der Waals surface area (Å²) in [7, 11) is 0. The maximum atomic E-state index is 15.2. The van der Waals surface area contributed by atoms with Crippen LogP contribution in [0, 0.1) is 19.3 Å². The average molecular weight is 539 g/mol. The van der Waals surface area contributed by atoms with Gasteiger partial charge in [-0.1, -0.05) is 6.07 Å². The van der Waals surface area contributed by atoms with Crippen molar-refractivity contribution < 1.29 is 23.5 Å². The first kappa shape index (κ1) is 27.3. The molecule has 0 bridgehead atoms. The van der Waals surface area contributed by atoms with Gasteiger partial charge in [-0.2, -0.15) is 0 Å². The van der Waals surface area contributed by atoms with Gasteiger partial charge in [0, 0.05) is 17.4 Å². The van der Waals surface area contributed by atoms with E-state index in [4.69, 9.17) is 28.3 Å². The van der Waals surface area contributed by atoms with Crippen LogP contribution in [-0.4, -0.2) is 40.4 Å². The number of rotatable bonds is 6. The van der Waals surface area contributed by atoms with Crippen molar-refractivity contribution in [3.8, 4) is 5.75 Å². The van der Waals surface area contributed by atoms with Crippen molar-refractivity contribution in [1.82, 2.24) is 5.32 Å². The Balaban J connectivity index is 1.51. The van der Waals surface area contributed by atoms with Crippen LogP contribution in [0.15, 0.2) is 36.4 Å². The number of nitrogens with zero attached hydrogens (tertiary/aromatic N) is 3. The van der Waals surface area contributed by atoms with Crippen molar-refractivity contribution in [2.75, 3.05) is 16.4 Å². The molecule has 4 rings (SSSR count). The number of thiocarbonyl (C=S) groups is 1. The zero-order chi connectivity index (χ0) is 28.0. The van der Waals surface area contributed by atoms with E-state index in [-0.39, 0.29) is 23.4 Å². The number of halogens is 1. The molecule has 1 saturated carbocycles. The van der Waals surface area contributed by atoms with E-state index in [1.807, 2.05) is 0 Å². The van der Waals surface area contributed by atoms with Crippen molar-refractivity contribution in [1.29, 1.82) is 0 Å². The maximum Gasteiger partial charge on any atom is 0.408 e. The summed E-state index contributed by atoms with van der Waals surface area (Å²) in [4.78, 5) is 32.1. The summed E-state index contributed by atoms with van der Waals surface area (Å²) in [5.74, 6) is -0.845. The minimum absolute atomic E-state index is 0.0301. The van der Waals surface area contributed by atoms with Crippen LogP contribution in [0.2, 0.25) is 0 Å². The first-order chi connectivity index (χ1) is 17.7. The van der Waals surface area contributed by atoms with E-state index < -0.39 is 28.6 Å². The van der Waals surface area contributed by atoms with Gasteiger partial charge in [-0.3, -0.25) is 9.69 Å². The highest BCUT2D eigenvalue weighted by atomic mass is 32.1. The number of benzene rings is 2. The Morgan fingerprint density at radius 2 is 1.84 bits per heavy atom. The summed E-state index contributed by atoms with van der Waals surface area (Å²) in [6.07, 6.45) is 0.875. The molecule has 0 spiro atoms. The van der Waals surface area contributed by atoms with Crippen molar-refractivity contribution in [3.05, 3.63) is 59.2 Å². The number of aryl methyl sites for hydroxylation is 1. The number of alkyl carbamates (subject to hydrolysis) is 1. The van der Waals surface area contributed by atoms with Crippen LogP contribution in [0.3, 0.4) is 0 Å². The second-order valence-corrected chi connectivity index (χ2v) is 11.6. The van der Waals surface area contributed by atoms with Crippen molar-refractivity contribution in [2.24, 2.45) is 0 Å². The smallest absolute Gasteiger partial charge is 0.408 e. The molecule has 2 aromatic rings. The second-order valence-electron chi connectivity index (χ2n) is 11.2. The SMILES string of the molecule is [C-]#[N+]c1ccc(N2C(=O)C(C)(C)N(c3ccc(OCC4(NC(=O)OC(C)(C)C)CC4)c(F)c3)C2=S)cc1C. The van der Waals surface area contributed by atoms with E-state index in [2.05, 4.69) is 10.2 Å². The summed E-state index contributed by atoms with van der Waals surface area (Å²) in [6, 6.07) is 9.51. The van der Waals surface area contributed by atoms with E-state index in [1.165, 1.54) is 17.0 Å². The van der Waals surface area contributed by atoms with Gasteiger partial charge >= 0.3 is 6.09 Å². The molecule has 0 atom stereocenters. The third-order valence-corrected chi connectivity index (χ3v) is 6.89. The van der Waals surface area contributed by atoms with Gasteiger partial charge in [-0.25, -0.2) is 14.0 Å². The Morgan fingerprint density at radius 3 is 2.39 bits per heavy atom. The van der Waals surface area contributed by atoms with Crippen LogP contribution in [0.5, 0.6) is 5.75 Å². The lowest BCUT2D eigenvalue weighted by Crippen LogP contribution is -2.44. The standard InChI is InChI=1S/C28H31FN4O4S/c1-17-14-18(8-10-21(17)30-7)32-23(34)27(5,6)33(25(32)38)19-9-11-22(20(29)15-19)36-16-28(12-13-28)31-24(35)37-26(2,3)4/h8-11,14-15H,12-13,16H2,1-6H3,(H,31,35). The van der Waals surface area contributed by atoms with Gasteiger partial charge in [0.1, 0.15) is 17.7 Å². The molecule has 1 heterocycles. The first-order valence-corrected chi connectivity index (χ1v) is 12.7. The Morgan fingerprint density at radius 1 is 1.18 bits per heavy atom. The van der Waals surface area contributed by atoms with Crippen LogP contribution in [0.25, 0.3) is 4.85 Å². The van der Waals surface area contributed by atoms with Crippen LogP contribution in [-0.2, 0) is 9.53 Å². The molecule has 10 heteroatoms. The van der Waals surface area contributed by atoms with Gasteiger partial charge < -0.3 is 19.7 Å². The minimum atomic E-state index is -1.08. The lowest BCUT2D eigenvalue weighted by Gasteiger charge is -2.29. The van der Waals surface area contributed by atoms with Gasteiger partial charge in [-0.05, 0) is 96.4 Å². The summed E-state index contributed by atoms with van der Waals surface area (Å²) in [6.45, 7) is 18.0. The van der Waals surface area contributed by atoms with Crippen molar-refractivity contribution in [2.45, 2.75) is 71.1 Å². The predicted molar refractivity (Wildman–Crippen MR) is 147 cm³/mol. The number of amides is 2. The van der Waals surface area contributed by atoms with E-state index >= 15 is 4.39 Å². The number of nitrogens with one attached hydrogen (secondary N) is 1. The predicted octanol–water partition coefficient (Wildman–Crippen LogP) is 6.04. The fourth-order valence-electron chi connectivity index (χ4n) is 4.30. The Labute approximate surface area is 227 Å². The quantitative estimate of drug-likeness (QED) is 0.357. The molecular weight excluding hydrogens is 507 g/mol. The van der Waals surface area contributed by atoms with Gasteiger partial charge in [0.05, 0.1) is 12.1 Å². The molecule has 8 nitrogen and oxygen atoms in total. The lowest BCUT2D eigenvalue weighted by atomic mass is 10.0. The highest BCUT2D eigenvalue weighted by Crippen LogP contribution is 2.40. The van der Waals surface area contributed by atoms with Crippen molar-refractivity contribution >= 4 is 46.4 Å². The van der Waals surface area contributed by atoms with E-state index in [0.717, 1.165) is 5.56 Å². The lowest BCUT2D eigenvalue weighted by molar-refractivity contribution is -0.120. The van der Waals surface area contributed by atoms with Gasteiger partial charge in [-0.15, -0.1) is 0 Å². The highest BCUT2D eigenvalue weighted by molar-refractivity contribution is 7.81. The molecule has 1 aliphatic heterocycles. The van der Waals surface area contributed by atoms with Crippen LogP contribution in [0.1, 0.15) is 53.0 Å². The Bertz CT molecular complexity index is 1360. The zero-order valence-corrected chi connectivity index (χ0v) is 23.2. The van der Waals surface area contributed by atoms with E-state index in [1.54, 1.807) is 70.7 Å². The third kappa shape index (κ3) is 5.29. The fourth-order valence-corrected chi connectivity index (χ4v) is 4.82. The van der Waals surface area contributed by atoms with Gasteiger partial charge in [0.2, 0.25) is 0 Å². The summed E-state index contributed by atoms with van der Waals surface area (Å²) >= 11 is 5.68. The first-order valence-electron chi connectivity index (χ1n) is 12.3. The number of ether oxygens (including phenoxy) is 2. The molecule has 2 fully saturated rings. The molecule has 0 radical (unpaired) electrons. The number of hydrogen-bond acceptors (Lipinski definition) is 5. The average Bonchev–Trinajstić information content (AvgIpc) is 3.52. The zero-order valence-electron chi connectivity index (χ0n) is 22.3. The Kier molecular flexibility index (Phi) is 6.87. The monoisotopic (exact) mass is 538 g/mol. The fraction of sp³-hybridized carbons (Fsp3) is 0.429. The molecule has 2 amide bonds. The third-order valence-electron chi connectivity index (χ3n) is 6.52. The number of hydrogen-bond donors (Lipinski definition) is 1. The number of anilines is 2. The topological polar surface area (TPSA) is 75.5 Å². The molecule has 1 aliphatic carbocycles. The normalized spacial score (nSPS) is 17.7. The van der Waals surface area contributed by atoms with E-state index in [9.17, 15) is 9.59 Å². The highest BCUT2D eigenvalue weighted by Gasteiger charge is 2.50. The minimum Gasteiger partial charge on any atom is -0.488 e. The maximum absolute atomic E-state index is 15.2.